The highest BCUT2D eigenvalue weighted by atomic mass is 19.1. The monoisotopic (exact) mass is 392 g/mol. The Labute approximate surface area is 169 Å². The van der Waals surface area contributed by atoms with Gasteiger partial charge in [0.25, 0.3) is 0 Å². The van der Waals surface area contributed by atoms with E-state index in [0.29, 0.717) is 11.3 Å². The van der Waals surface area contributed by atoms with Crippen molar-refractivity contribution >= 4 is 28.4 Å². The van der Waals surface area contributed by atoms with Crippen LogP contribution in [0.25, 0.3) is 10.9 Å². The number of piperidine rings is 1. The van der Waals surface area contributed by atoms with Crippen LogP contribution in [-0.4, -0.2) is 34.6 Å². The second-order valence-electron chi connectivity index (χ2n) is 7.94. The molecule has 5 rings (SSSR count). The minimum atomic E-state index is -0.249. The summed E-state index contributed by atoms with van der Waals surface area (Å²) >= 11 is 0. The van der Waals surface area contributed by atoms with Crippen LogP contribution in [0.15, 0.2) is 36.7 Å². The van der Waals surface area contributed by atoms with Crippen LogP contribution < -0.4 is 15.5 Å². The van der Waals surface area contributed by atoms with Crippen molar-refractivity contribution in [3.8, 4) is 0 Å². The molecule has 2 saturated heterocycles. The van der Waals surface area contributed by atoms with Gasteiger partial charge in [-0.05, 0) is 50.3 Å². The van der Waals surface area contributed by atoms with Crippen LogP contribution in [0.2, 0.25) is 0 Å². The molecule has 4 heterocycles. The second-order valence-corrected chi connectivity index (χ2v) is 7.94. The average Bonchev–Trinajstić information content (AvgIpc) is 3.23. The molecule has 1 atom stereocenters. The van der Waals surface area contributed by atoms with Crippen molar-refractivity contribution in [1.29, 1.82) is 0 Å². The number of nitrogens with zero attached hydrogens (tertiary/aromatic N) is 5. The fourth-order valence-electron chi connectivity index (χ4n) is 4.63. The lowest BCUT2D eigenvalue weighted by Gasteiger charge is -2.33. The zero-order valence-corrected chi connectivity index (χ0v) is 16.4. The molecule has 7 heteroatoms. The number of fused-ring (bicyclic) bond motifs is 1. The van der Waals surface area contributed by atoms with Gasteiger partial charge in [-0.25, -0.2) is 19.3 Å². The van der Waals surface area contributed by atoms with Crippen molar-refractivity contribution in [3.05, 3.63) is 48.0 Å². The molecule has 2 aromatic heterocycles. The predicted octanol–water partition coefficient (Wildman–Crippen LogP) is 4.08. The molecule has 6 nitrogen and oxygen atoms in total. The highest BCUT2D eigenvalue weighted by Gasteiger charge is 2.31. The van der Waals surface area contributed by atoms with Crippen molar-refractivity contribution in [2.45, 2.75) is 38.1 Å². The first-order chi connectivity index (χ1) is 14.2. The highest BCUT2D eigenvalue weighted by molar-refractivity contribution is 5.82. The van der Waals surface area contributed by atoms with Crippen molar-refractivity contribution in [2.24, 2.45) is 0 Å². The Morgan fingerprint density at radius 2 is 1.83 bits per heavy atom. The first-order valence-electron chi connectivity index (χ1n) is 10.4. The van der Waals surface area contributed by atoms with Crippen LogP contribution in [0.5, 0.6) is 0 Å². The van der Waals surface area contributed by atoms with E-state index in [9.17, 15) is 4.39 Å². The number of pyridine rings is 1. The predicted molar refractivity (Wildman–Crippen MR) is 114 cm³/mol. The number of hydrogen-bond acceptors (Lipinski definition) is 6. The maximum absolute atomic E-state index is 13.8. The van der Waals surface area contributed by atoms with Gasteiger partial charge in [-0.1, -0.05) is 0 Å². The molecule has 1 unspecified atom stereocenters. The zero-order chi connectivity index (χ0) is 19.8. The van der Waals surface area contributed by atoms with Crippen LogP contribution in [0, 0.1) is 5.82 Å². The molecule has 3 aromatic rings. The summed E-state index contributed by atoms with van der Waals surface area (Å²) in [6, 6.07) is 9.06. The van der Waals surface area contributed by atoms with Crippen molar-refractivity contribution in [1.82, 2.24) is 15.0 Å². The highest BCUT2D eigenvalue weighted by Crippen LogP contribution is 2.40. The summed E-state index contributed by atoms with van der Waals surface area (Å²) in [7, 11) is 0. The van der Waals surface area contributed by atoms with Crippen molar-refractivity contribution < 1.29 is 4.39 Å². The first-order valence-corrected chi connectivity index (χ1v) is 10.4. The molecule has 0 spiro atoms. The second kappa shape index (κ2) is 7.46. The van der Waals surface area contributed by atoms with Crippen LogP contribution >= 0.6 is 0 Å². The van der Waals surface area contributed by atoms with E-state index in [-0.39, 0.29) is 11.9 Å². The Hall–Kier alpha value is -2.96. The van der Waals surface area contributed by atoms with E-state index in [0.717, 1.165) is 49.5 Å². The summed E-state index contributed by atoms with van der Waals surface area (Å²) in [6.45, 7) is 2.91. The van der Waals surface area contributed by atoms with E-state index in [4.69, 9.17) is 10.7 Å². The molecule has 0 amide bonds. The molecule has 29 heavy (non-hydrogen) atoms. The van der Waals surface area contributed by atoms with Gasteiger partial charge in [-0.15, -0.1) is 0 Å². The quantitative estimate of drug-likeness (QED) is 0.724. The SMILES string of the molecule is Nc1cc(N2CCCC2c2cc3ccc(F)cc3nc2N2CCCCC2)ncn1. The van der Waals surface area contributed by atoms with Gasteiger partial charge in [0.15, 0.2) is 0 Å². The van der Waals surface area contributed by atoms with Gasteiger partial charge in [-0.2, -0.15) is 0 Å². The lowest BCUT2D eigenvalue weighted by atomic mass is 10.0. The van der Waals surface area contributed by atoms with Gasteiger partial charge in [-0.3, -0.25) is 0 Å². The zero-order valence-electron chi connectivity index (χ0n) is 16.4. The molecule has 0 bridgehead atoms. The molecule has 150 valence electrons. The summed E-state index contributed by atoms with van der Waals surface area (Å²) in [6.07, 6.45) is 7.21. The number of benzene rings is 1. The largest absolute Gasteiger partial charge is 0.384 e. The molecule has 0 saturated carbocycles. The fourth-order valence-corrected chi connectivity index (χ4v) is 4.63. The van der Waals surface area contributed by atoms with Crippen LogP contribution in [0.3, 0.4) is 0 Å². The Bertz CT molecular complexity index is 1030. The molecule has 0 aliphatic carbocycles. The number of hydrogen-bond donors (Lipinski definition) is 1. The van der Waals surface area contributed by atoms with Gasteiger partial charge >= 0.3 is 0 Å². The lowest BCUT2D eigenvalue weighted by molar-refractivity contribution is 0.568. The third-order valence-corrected chi connectivity index (χ3v) is 6.02. The summed E-state index contributed by atoms with van der Waals surface area (Å²) < 4.78 is 13.8. The van der Waals surface area contributed by atoms with Crippen LogP contribution in [0.4, 0.5) is 21.8 Å². The lowest BCUT2D eigenvalue weighted by Crippen LogP contribution is -2.33. The Balaban J connectivity index is 1.62. The van der Waals surface area contributed by atoms with Gasteiger partial charge in [0.1, 0.15) is 29.6 Å². The van der Waals surface area contributed by atoms with Crippen molar-refractivity contribution in [2.75, 3.05) is 35.2 Å². The number of rotatable bonds is 3. The maximum Gasteiger partial charge on any atom is 0.134 e. The standard InChI is InChI=1S/C22H25FN6/c23-16-7-6-15-11-17(22(27-18(15)12-16)28-8-2-1-3-9-28)19-5-4-10-29(19)21-13-20(24)25-14-26-21/h6-7,11-14,19H,1-5,8-10H2,(H2,24,25,26). The van der Waals surface area contributed by atoms with Gasteiger partial charge in [0, 0.05) is 42.7 Å². The van der Waals surface area contributed by atoms with Gasteiger partial charge < -0.3 is 15.5 Å². The minimum absolute atomic E-state index is 0.170. The van der Waals surface area contributed by atoms with Gasteiger partial charge in [0.05, 0.1) is 11.6 Å². The topological polar surface area (TPSA) is 71.2 Å². The molecule has 1 aromatic carbocycles. The molecule has 2 N–H and O–H groups in total. The minimum Gasteiger partial charge on any atom is -0.384 e. The first kappa shape index (κ1) is 18.1. The Morgan fingerprint density at radius 3 is 2.66 bits per heavy atom. The Kier molecular flexibility index (Phi) is 4.66. The molecular formula is C22H25FN6. The summed E-state index contributed by atoms with van der Waals surface area (Å²) in [5.74, 6) is 2.07. The van der Waals surface area contributed by atoms with Crippen LogP contribution in [-0.2, 0) is 0 Å². The van der Waals surface area contributed by atoms with Crippen LogP contribution in [0.1, 0.15) is 43.7 Å². The number of halogens is 1. The molecule has 2 aliphatic heterocycles. The molecule has 0 radical (unpaired) electrons. The molecule has 2 aliphatic rings. The average molecular weight is 392 g/mol. The van der Waals surface area contributed by atoms with E-state index < -0.39 is 0 Å². The number of nitrogens with two attached hydrogens (primary N) is 1. The summed E-state index contributed by atoms with van der Waals surface area (Å²) in [5, 5.41) is 0.969. The van der Waals surface area contributed by atoms with Gasteiger partial charge in [0.2, 0.25) is 0 Å². The molecule has 2 fully saturated rings. The third kappa shape index (κ3) is 3.45. The normalized spacial score (nSPS) is 19.8. The van der Waals surface area contributed by atoms with E-state index in [2.05, 4.69) is 25.8 Å². The fraction of sp³-hybridized carbons (Fsp3) is 0.409. The third-order valence-electron chi connectivity index (χ3n) is 6.02. The Morgan fingerprint density at radius 1 is 0.966 bits per heavy atom. The smallest absolute Gasteiger partial charge is 0.134 e. The van der Waals surface area contributed by atoms with E-state index in [1.165, 1.54) is 43.3 Å². The van der Waals surface area contributed by atoms with E-state index >= 15 is 0 Å². The van der Waals surface area contributed by atoms with Crippen molar-refractivity contribution in [3.63, 3.8) is 0 Å². The number of anilines is 3. The van der Waals surface area contributed by atoms with E-state index in [1.54, 1.807) is 0 Å². The summed E-state index contributed by atoms with van der Waals surface area (Å²) in [5.41, 5.74) is 7.82. The maximum atomic E-state index is 13.8. The molecular weight excluding hydrogens is 367 g/mol. The number of nitrogen functional groups attached to an aromatic ring is 1. The summed E-state index contributed by atoms with van der Waals surface area (Å²) in [4.78, 5) is 18.1. The van der Waals surface area contributed by atoms with E-state index in [1.807, 2.05) is 12.1 Å². The number of aromatic nitrogens is 3.